The molecule has 5 heteroatoms. The van der Waals surface area contributed by atoms with Gasteiger partial charge in [-0.25, -0.2) is 0 Å². The van der Waals surface area contributed by atoms with Gasteiger partial charge in [0.15, 0.2) is 0 Å². The van der Waals surface area contributed by atoms with E-state index in [2.05, 4.69) is 5.32 Å². The van der Waals surface area contributed by atoms with Crippen molar-refractivity contribution in [3.05, 3.63) is 29.8 Å². The predicted molar refractivity (Wildman–Crippen MR) is 76.9 cm³/mol. The summed E-state index contributed by atoms with van der Waals surface area (Å²) in [7, 11) is 0. The van der Waals surface area contributed by atoms with E-state index in [0.717, 1.165) is 10.5 Å². The number of rotatable bonds is 6. The topological polar surface area (TPSA) is 69.6 Å². The fraction of sp³-hybridized carbons (Fsp3) is 0.500. The van der Waals surface area contributed by atoms with Crippen LogP contribution in [0.4, 0.5) is 0 Å². The summed E-state index contributed by atoms with van der Waals surface area (Å²) in [4.78, 5) is 12.9. The molecule has 0 aliphatic rings. The molecule has 3 N–H and O–H groups in total. The molecular weight excluding hydrogens is 262 g/mol. The average molecular weight is 283 g/mol. The number of nitrogens with one attached hydrogen (secondary N) is 1. The average Bonchev–Trinajstić information content (AvgIpc) is 2.44. The van der Waals surface area contributed by atoms with Crippen molar-refractivity contribution >= 4 is 17.7 Å². The molecule has 0 spiro atoms. The zero-order chi connectivity index (χ0) is 14.5. The monoisotopic (exact) mass is 283 g/mol. The van der Waals surface area contributed by atoms with Crippen LogP contribution in [0.5, 0.6) is 0 Å². The number of amides is 1. The summed E-state index contributed by atoms with van der Waals surface area (Å²) in [6.45, 7) is 3.41. The Labute approximate surface area is 118 Å². The normalized spacial score (nSPS) is 13.1. The van der Waals surface area contributed by atoms with Gasteiger partial charge in [-0.1, -0.05) is 26.0 Å². The second-order valence-corrected chi connectivity index (χ2v) is 5.99. The maximum Gasteiger partial charge on any atom is 0.249 e. The largest absolute Gasteiger partial charge is 0.396 e. The van der Waals surface area contributed by atoms with Crippen molar-refractivity contribution in [3.63, 3.8) is 0 Å². The van der Waals surface area contributed by atoms with Crippen LogP contribution in [0, 0.1) is 5.41 Å². The van der Waals surface area contributed by atoms with E-state index in [1.807, 2.05) is 30.5 Å². The van der Waals surface area contributed by atoms with Crippen LogP contribution in [0.15, 0.2) is 29.2 Å². The van der Waals surface area contributed by atoms with Crippen LogP contribution >= 0.6 is 11.8 Å². The lowest BCUT2D eigenvalue weighted by Crippen LogP contribution is -2.45. The molecule has 0 aliphatic heterocycles. The summed E-state index contributed by atoms with van der Waals surface area (Å²) in [5.41, 5.74) is 0.132. The molecule has 106 valence electrons. The summed E-state index contributed by atoms with van der Waals surface area (Å²) in [5.74, 6) is -0.465. The van der Waals surface area contributed by atoms with Crippen LogP contribution in [0.2, 0.25) is 0 Å². The van der Waals surface area contributed by atoms with Gasteiger partial charge in [0.25, 0.3) is 0 Å². The Bertz CT molecular complexity index is 417. The Kier molecular flexibility index (Phi) is 5.85. The van der Waals surface area contributed by atoms with Gasteiger partial charge in [0.05, 0.1) is 6.61 Å². The predicted octanol–water partition coefficient (Wildman–Crippen LogP) is 1.40. The minimum atomic E-state index is -1.22. The molecule has 0 aliphatic carbocycles. The van der Waals surface area contributed by atoms with Crippen molar-refractivity contribution in [3.8, 4) is 0 Å². The summed E-state index contributed by atoms with van der Waals surface area (Å²) in [6.07, 6.45) is 0.785. The first kappa shape index (κ1) is 16.0. The Balaban J connectivity index is 2.54. The third-order valence-electron chi connectivity index (χ3n) is 3.02. The quantitative estimate of drug-likeness (QED) is 0.690. The lowest BCUT2D eigenvalue weighted by molar-refractivity contribution is -0.137. The smallest absolute Gasteiger partial charge is 0.249 e. The molecule has 4 nitrogen and oxygen atoms in total. The molecule has 0 bridgehead atoms. The van der Waals surface area contributed by atoms with Crippen molar-refractivity contribution < 1.29 is 15.0 Å². The Morgan fingerprint density at radius 1 is 1.37 bits per heavy atom. The van der Waals surface area contributed by atoms with Gasteiger partial charge in [-0.15, -0.1) is 11.8 Å². The number of carbonyl (C=O) groups excluding carboxylic acids is 1. The first-order valence-electron chi connectivity index (χ1n) is 6.10. The third kappa shape index (κ3) is 4.53. The summed E-state index contributed by atoms with van der Waals surface area (Å²) in [5, 5.41) is 21.6. The Morgan fingerprint density at radius 2 is 1.95 bits per heavy atom. The minimum Gasteiger partial charge on any atom is -0.396 e. The first-order chi connectivity index (χ1) is 8.90. The molecule has 19 heavy (non-hydrogen) atoms. The highest BCUT2D eigenvalue weighted by molar-refractivity contribution is 7.98. The number of thioether (sulfide) groups is 1. The zero-order valence-electron chi connectivity index (χ0n) is 11.5. The number of benzene rings is 1. The highest BCUT2D eigenvalue weighted by Gasteiger charge is 2.32. The summed E-state index contributed by atoms with van der Waals surface area (Å²) in [6, 6.07) is 7.85. The van der Waals surface area contributed by atoms with E-state index in [1.54, 1.807) is 25.6 Å². The SMILES string of the molecule is CSc1ccc(CNC(=O)[C@H](O)C(C)(C)CO)cc1. The van der Waals surface area contributed by atoms with Gasteiger partial charge in [0.2, 0.25) is 5.91 Å². The number of hydrogen-bond acceptors (Lipinski definition) is 4. The summed E-state index contributed by atoms with van der Waals surface area (Å²) >= 11 is 1.66. The molecule has 1 aromatic rings. The molecule has 1 amide bonds. The second-order valence-electron chi connectivity index (χ2n) is 5.12. The van der Waals surface area contributed by atoms with Crippen LogP contribution in [0.25, 0.3) is 0 Å². The lowest BCUT2D eigenvalue weighted by atomic mass is 9.87. The van der Waals surface area contributed by atoms with Crippen molar-refractivity contribution in [1.29, 1.82) is 0 Å². The minimum absolute atomic E-state index is 0.246. The fourth-order valence-corrected chi connectivity index (χ4v) is 1.88. The van der Waals surface area contributed by atoms with Gasteiger partial charge in [-0.2, -0.15) is 0 Å². The molecule has 0 saturated heterocycles. The van der Waals surface area contributed by atoms with E-state index in [1.165, 1.54) is 0 Å². The van der Waals surface area contributed by atoms with Crippen LogP contribution < -0.4 is 5.32 Å². The van der Waals surface area contributed by atoms with Gasteiger partial charge in [-0.05, 0) is 24.0 Å². The van der Waals surface area contributed by atoms with Crippen LogP contribution in [-0.4, -0.2) is 35.1 Å². The number of hydrogen-bond donors (Lipinski definition) is 3. The molecule has 1 atom stereocenters. The van der Waals surface area contributed by atoms with Crippen molar-refractivity contribution in [2.24, 2.45) is 5.41 Å². The second kappa shape index (κ2) is 6.93. The van der Waals surface area contributed by atoms with Gasteiger partial charge in [0, 0.05) is 16.9 Å². The zero-order valence-corrected chi connectivity index (χ0v) is 12.3. The number of carbonyl (C=O) groups is 1. The molecule has 0 aromatic heterocycles. The van der Waals surface area contributed by atoms with Gasteiger partial charge < -0.3 is 15.5 Å². The van der Waals surface area contributed by atoms with Crippen molar-refractivity contribution in [1.82, 2.24) is 5.32 Å². The van der Waals surface area contributed by atoms with Crippen molar-refractivity contribution in [2.75, 3.05) is 12.9 Å². The van der Waals surface area contributed by atoms with E-state index >= 15 is 0 Å². The molecule has 0 fully saturated rings. The molecule has 0 saturated carbocycles. The summed E-state index contributed by atoms with van der Waals surface area (Å²) < 4.78 is 0. The number of aliphatic hydroxyl groups excluding tert-OH is 2. The van der Waals surface area contributed by atoms with Gasteiger partial charge in [-0.3, -0.25) is 4.79 Å². The molecule has 0 heterocycles. The Hall–Kier alpha value is -1.04. The maximum atomic E-state index is 11.8. The Morgan fingerprint density at radius 3 is 2.42 bits per heavy atom. The lowest BCUT2D eigenvalue weighted by Gasteiger charge is -2.27. The van der Waals surface area contributed by atoms with Gasteiger partial charge >= 0.3 is 0 Å². The standard InChI is InChI=1S/C14H21NO3S/c1-14(2,9-16)12(17)13(18)15-8-10-4-6-11(19-3)7-5-10/h4-7,12,16-17H,8-9H2,1-3H3,(H,15,18)/t12-/m0/s1. The maximum absolute atomic E-state index is 11.8. The molecule has 0 unspecified atom stereocenters. The molecular formula is C14H21NO3S. The van der Waals surface area contributed by atoms with E-state index in [-0.39, 0.29) is 6.61 Å². The van der Waals surface area contributed by atoms with E-state index in [4.69, 9.17) is 5.11 Å². The highest BCUT2D eigenvalue weighted by atomic mass is 32.2. The third-order valence-corrected chi connectivity index (χ3v) is 3.77. The number of aliphatic hydroxyl groups is 2. The molecule has 1 aromatic carbocycles. The first-order valence-corrected chi connectivity index (χ1v) is 7.33. The van der Waals surface area contributed by atoms with E-state index in [0.29, 0.717) is 6.54 Å². The van der Waals surface area contributed by atoms with Crippen LogP contribution in [0.1, 0.15) is 19.4 Å². The van der Waals surface area contributed by atoms with Crippen LogP contribution in [-0.2, 0) is 11.3 Å². The van der Waals surface area contributed by atoms with Gasteiger partial charge in [0.1, 0.15) is 6.10 Å². The van der Waals surface area contributed by atoms with E-state index < -0.39 is 17.4 Å². The van der Waals surface area contributed by atoms with E-state index in [9.17, 15) is 9.90 Å². The highest BCUT2D eigenvalue weighted by Crippen LogP contribution is 2.20. The van der Waals surface area contributed by atoms with Crippen LogP contribution in [0.3, 0.4) is 0 Å². The molecule has 0 radical (unpaired) electrons. The molecule has 1 rings (SSSR count). The van der Waals surface area contributed by atoms with Crippen molar-refractivity contribution in [2.45, 2.75) is 31.4 Å². The fourth-order valence-electron chi connectivity index (χ4n) is 1.47.